The molecule has 0 spiro atoms. The quantitative estimate of drug-likeness (QED) is 0.794. The van der Waals surface area contributed by atoms with Gasteiger partial charge in [0, 0.05) is 28.7 Å². The third-order valence-electron chi connectivity index (χ3n) is 4.50. The summed E-state index contributed by atoms with van der Waals surface area (Å²) < 4.78 is 6.49. The summed E-state index contributed by atoms with van der Waals surface area (Å²) in [6, 6.07) is 13.5. The van der Waals surface area contributed by atoms with Crippen LogP contribution in [-0.2, 0) is 6.54 Å². The maximum absolute atomic E-state index is 13.0. The van der Waals surface area contributed by atoms with Crippen LogP contribution < -0.4 is 10.5 Å². The van der Waals surface area contributed by atoms with Crippen molar-refractivity contribution < 1.29 is 9.53 Å². The molecule has 25 heavy (non-hydrogen) atoms. The monoisotopic (exact) mass is 424 g/mol. The van der Waals surface area contributed by atoms with E-state index in [1.807, 2.05) is 47.4 Å². The molecule has 1 atom stereocenters. The molecular weight excluding hydrogens is 404 g/mol. The second kappa shape index (κ2) is 8.70. The molecule has 1 amide bonds. The number of amides is 1. The number of likely N-dealkylation sites (tertiary alicyclic amines) is 1. The predicted molar refractivity (Wildman–Crippen MR) is 105 cm³/mol. The average molecular weight is 426 g/mol. The van der Waals surface area contributed by atoms with E-state index in [0.717, 1.165) is 40.7 Å². The Balaban J connectivity index is 0.00000225. The Morgan fingerprint density at radius 3 is 2.64 bits per heavy atom. The van der Waals surface area contributed by atoms with E-state index in [0.29, 0.717) is 12.1 Å². The van der Waals surface area contributed by atoms with Crippen molar-refractivity contribution >= 4 is 34.2 Å². The Kier molecular flexibility index (Phi) is 6.87. The highest BCUT2D eigenvalue weighted by atomic mass is 79.9. The number of nitrogens with two attached hydrogens (primary N) is 1. The van der Waals surface area contributed by atoms with Gasteiger partial charge in [-0.3, -0.25) is 4.79 Å². The molecule has 1 aliphatic heterocycles. The number of hydrogen-bond acceptors (Lipinski definition) is 3. The van der Waals surface area contributed by atoms with Crippen LogP contribution in [0.3, 0.4) is 0 Å². The number of rotatable bonds is 4. The molecule has 0 aromatic heterocycles. The fraction of sp³-hybridized carbons (Fsp3) is 0.316. The summed E-state index contributed by atoms with van der Waals surface area (Å²) in [6.45, 7) is 1.24. The van der Waals surface area contributed by atoms with Crippen LogP contribution in [0.5, 0.6) is 5.75 Å². The third kappa shape index (κ3) is 4.17. The SMILES string of the molecule is COc1ccc(Br)cc1C1CCCN1C(=O)c1ccc(CN)cc1.Cl. The number of benzene rings is 2. The number of ether oxygens (including phenoxy) is 1. The van der Waals surface area contributed by atoms with Crippen LogP contribution in [0.25, 0.3) is 0 Å². The van der Waals surface area contributed by atoms with Crippen molar-refractivity contribution in [1.29, 1.82) is 0 Å². The van der Waals surface area contributed by atoms with Crippen LogP contribution in [-0.4, -0.2) is 24.5 Å². The van der Waals surface area contributed by atoms with Gasteiger partial charge in [-0.2, -0.15) is 0 Å². The molecule has 6 heteroatoms. The van der Waals surface area contributed by atoms with Crippen molar-refractivity contribution in [2.45, 2.75) is 25.4 Å². The van der Waals surface area contributed by atoms with Crippen LogP contribution in [0.1, 0.15) is 40.4 Å². The van der Waals surface area contributed by atoms with Crippen molar-refractivity contribution in [3.8, 4) is 5.75 Å². The number of hydrogen-bond donors (Lipinski definition) is 1. The number of halogens is 2. The smallest absolute Gasteiger partial charge is 0.254 e. The highest BCUT2D eigenvalue weighted by molar-refractivity contribution is 9.10. The fourth-order valence-electron chi connectivity index (χ4n) is 3.25. The zero-order valence-corrected chi connectivity index (χ0v) is 16.5. The van der Waals surface area contributed by atoms with Gasteiger partial charge in [-0.25, -0.2) is 0 Å². The molecule has 0 saturated carbocycles. The van der Waals surface area contributed by atoms with Crippen molar-refractivity contribution in [3.63, 3.8) is 0 Å². The van der Waals surface area contributed by atoms with E-state index in [-0.39, 0.29) is 24.4 Å². The first-order chi connectivity index (χ1) is 11.6. The lowest BCUT2D eigenvalue weighted by molar-refractivity contribution is 0.0734. The highest BCUT2D eigenvalue weighted by Crippen LogP contribution is 2.39. The van der Waals surface area contributed by atoms with E-state index in [4.69, 9.17) is 10.5 Å². The molecule has 134 valence electrons. The summed E-state index contributed by atoms with van der Waals surface area (Å²) in [5.41, 5.74) is 8.41. The zero-order valence-electron chi connectivity index (χ0n) is 14.1. The number of nitrogens with zero attached hydrogens (tertiary/aromatic N) is 1. The zero-order chi connectivity index (χ0) is 17.1. The average Bonchev–Trinajstić information content (AvgIpc) is 3.10. The molecule has 0 bridgehead atoms. The second-order valence-corrected chi connectivity index (χ2v) is 6.86. The highest BCUT2D eigenvalue weighted by Gasteiger charge is 2.32. The van der Waals surface area contributed by atoms with Gasteiger partial charge in [-0.05, 0) is 48.7 Å². The minimum absolute atomic E-state index is 0. The van der Waals surface area contributed by atoms with Crippen molar-refractivity contribution in [1.82, 2.24) is 4.90 Å². The van der Waals surface area contributed by atoms with Crippen LogP contribution >= 0.6 is 28.3 Å². The Morgan fingerprint density at radius 1 is 1.28 bits per heavy atom. The van der Waals surface area contributed by atoms with Gasteiger partial charge in [0.25, 0.3) is 5.91 Å². The van der Waals surface area contributed by atoms with Gasteiger partial charge in [0.15, 0.2) is 0 Å². The summed E-state index contributed by atoms with van der Waals surface area (Å²) in [5.74, 6) is 0.879. The minimum Gasteiger partial charge on any atom is -0.496 e. The molecule has 1 aliphatic rings. The standard InChI is InChI=1S/C19H21BrN2O2.ClH/c1-24-18-9-8-15(20)11-16(18)17-3-2-10-22(17)19(23)14-6-4-13(12-21)5-7-14;/h4-9,11,17H,2-3,10,12,21H2,1H3;1H. The van der Waals surface area contributed by atoms with Crippen molar-refractivity contribution in [2.75, 3.05) is 13.7 Å². The van der Waals surface area contributed by atoms with Crippen LogP contribution in [0.2, 0.25) is 0 Å². The van der Waals surface area contributed by atoms with E-state index in [9.17, 15) is 4.79 Å². The molecule has 0 radical (unpaired) electrons. The first kappa shape index (κ1) is 19.8. The number of carbonyl (C=O) groups is 1. The second-order valence-electron chi connectivity index (χ2n) is 5.94. The van der Waals surface area contributed by atoms with E-state index in [1.165, 1.54) is 0 Å². The van der Waals surface area contributed by atoms with E-state index < -0.39 is 0 Å². The fourth-order valence-corrected chi connectivity index (χ4v) is 3.63. The topological polar surface area (TPSA) is 55.6 Å². The molecule has 1 unspecified atom stereocenters. The number of methoxy groups -OCH3 is 1. The summed E-state index contributed by atoms with van der Waals surface area (Å²) in [6.07, 6.45) is 1.94. The predicted octanol–water partition coefficient (Wildman–Crippen LogP) is 4.32. The van der Waals surface area contributed by atoms with Crippen molar-refractivity contribution in [3.05, 3.63) is 63.6 Å². The minimum atomic E-state index is 0. The summed E-state index contributed by atoms with van der Waals surface area (Å²) in [7, 11) is 1.67. The maximum atomic E-state index is 13.0. The van der Waals surface area contributed by atoms with Gasteiger partial charge in [0.2, 0.25) is 0 Å². The molecule has 3 rings (SSSR count). The molecule has 1 saturated heterocycles. The summed E-state index contributed by atoms with van der Waals surface area (Å²) in [5, 5.41) is 0. The van der Waals surface area contributed by atoms with Gasteiger partial charge in [0.05, 0.1) is 13.2 Å². The lowest BCUT2D eigenvalue weighted by atomic mass is 10.0. The molecule has 1 heterocycles. The largest absolute Gasteiger partial charge is 0.496 e. The lowest BCUT2D eigenvalue weighted by Gasteiger charge is -2.26. The normalized spacial score (nSPS) is 16.4. The van der Waals surface area contributed by atoms with E-state index in [2.05, 4.69) is 15.9 Å². The van der Waals surface area contributed by atoms with Gasteiger partial charge < -0.3 is 15.4 Å². The Morgan fingerprint density at radius 2 is 2.00 bits per heavy atom. The summed E-state index contributed by atoms with van der Waals surface area (Å²) >= 11 is 3.52. The molecule has 1 fully saturated rings. The van der Waals surface area contributed by atoms with Crippen LogP contribution in [0, 0.1) is 0 Å². The molecule has 2 aromatic rings. The van der Waals surface area contributed by atoms with Gasteiger partial charge >= 0.3 is 0 Å². The lowest BCUT2D eigenvalue weighted by Crippen LogP contribution is -2.30. The molecule has 2 N–H and O–H groups in total. The summed E-state index contributed by atoms with van der Waals surface area (Å²) in [4.78, 5) is 14.9. The molecular formula is C19H22BrClN2O2. The van der Waals surface area contributed by atoms with E-state index >= 15 is 0 Å². The van der Waals surface area contributed by atoms with Gasteiger partial charge in [0.1, 0.15) is 5.75 Å². The Bertz CT molecular complexity index is 737. The molecule has 4 nitrogen and oxygen atoms in total. The molecule has 2 aromatic carbocycles. The maximum Gasteiger partial charge on any atom is 0.254 e. The Hall–Kier alpha value is -1.56. The van der Waals surface area contributed by atoms with E-state index in [1.54, 1.807) is 7.11 Å². The van der Waals surface area contributed by atoms with Gasteiger partial charge in [-0.15, -0.1) is 12.4 Å². The number of carbonyl (C=O) groups excluding carboxylic acids is 1. The first-order valence-corrected chi connectivity index (χ1v) is 8.86. The Labute approximate surface area is 162 Å². The third-order valence-corrected chi connectivity index (χ3v) is 4.99. The van der Waals surface area contributed by atoms with Crippen LogP contribution in [0.15, 0.2) is 46.9 Å². The van der Waals surface area contributed by atoms with Crippen molar-refractivity contribution in [2.24, 2.45) is 5.73 Å². The molecule has 0 aliphatic carbocycles. The van der Waals surface area contributed by atoms with Crippen LogP contribution in [0.4, 0.5) is 0 Å². The van der Waals surface area contributed by atoms with Gasteiger partial charge in [-0.1, -0.05) is 28.1 Å². The first-order valence-electron chi connectivity index (χ1n) is 8.07.